The number of aryl methyl sites for hydroxylation is 2. The number of benzene rings is 2. The van der Waals surface area contributed by atoms with Crippen LogP contribution < -0.4 is 0 Å². The van der Waals surface area contributed by atoms with Gasteiger partial charge in [-0.15, -0.1) is 0 Å². The van der Waals surface area contributed by atoms with Gasteiger partial charge in [-0.1, -0.05) is 24.3 Å². The highest BCUT2D eigenvalue weighted by Crippen LogP contribution is 2.28. The van der Waals surface area contributed by atoms with Crippen LogP contribution in [0.25, 0.3) is 10.8 Å². The van der Waals surface area contributed by atoms with Crippen LogP contribution in [-0.2, 0) is 0 Å². The predicted molar refractivity (Wildman–Crippen MR) is 55.1 cm³/mol. The van der Waals surface area contributed by atoms with Crippen molar-refractivity contribution in [3.05, 3.63) is 41.5 Å². The van der Waals surface area contributed by atoms with Gasteiger partial charge >= 0.3 is 0 Å². The molecule has 0 aliphatic heterocycles. The zero-order valence-electron chi connectivity index (χ0n) is 7.83. The summed E-state index contributed by atoms with van der Waals surface area (Å²) < 4.78 is 0. The number of fused-ring (bicyclic) bond motifs is 1. The second-order valence-electron chi connectivity index (χ2n) is 3.45. The highest BCUT2D eigenvalue weighted by Gasteiger charge is 2.01. The SMILES string of the molecule is Cc1cc(O)c2cccc(C)c2c1. The van der Waals surface area contributed by atoms with Crippen LogP contribution in [-0.4, -0.2) is 5.11 Å². The molecule has 13 heavy (non-hydrogen) atoms. The largest absolute Gasteiger partial charge is 0.507 e. The molecule has 0 unspecified atom stereocenters. The quantitative estimate of drug-likeness (QED) is 0.647. The first kappa shape index (κ1) is 8.11. The third kappa shape index (κ3) is 1.26. The molecule has 0 saturated carbocycles. The average molecular weight is 172 g/mol. The first-order chi connectivity index (χ1) is 6.18. The van der Waals surface area contributed by atoms with E-state index in [1.165, 1.54) is 5.56 Å². The lowest BCUT2D eigenvalue weighted by atomic mass is 10.0. The van der Waals surface area contributed by atoms with Crippen LogP contribution in [0, 0.1) is 13.8 Å². The van der Waals surface area contributed by atoms with Crippen molar-refractivity contribution >= 4 is 10.8 Å². The number of hydrogen-bond acceptors (Lipinski definition) is 1. The molecule has 66 valence electrons. The zero-order valence-corrected chi connectivity index (χ0v) is 7.83. The van der Waals surface area contributed by atoms with Gasteiger partial charge in [0.05, 0.1) is 0 Å². The molecule has 0 radical (unpaired) electrons. The van der Waals surface area contributed by atoms with Crippen molar-refractivity contribution in [2.24, 2.45) is 0 Å². The maximum atomic E-state index is 9.68. The highest BCUT2D eigenvalue weighted by atomic mass is 16.3. The smallest absolute Gasteiger partial charge is 0.123 e. The number of phenolic OH excluding ortho intramolecular Hbond substituents is 1. The molecule has 0 saturated heterocycles. The van der Waals surface area contributed by atoms with Crippen molar-refractivity contribution < 1.29 is 5.11 Å². The minimum atomic E-state index is 0.374. The van der Waals surface area contributed by atoms with Gasteiger partial charge in [-0.05, 0) is 36.4 Å². The van der Waals surface area contributed by atoms with E-state index in [2.05, 4.69) is 19.1 Å². The number of phenols is 1. The minimum absolute atomic E-state index is 0.374. The Hall–Kier alpha value is -1.50. The summed E-state index contributed by atoms with van der Waals surface area (Å²) >= 11 is 0. The summed E-state index contributed by atoms with van der Waals surface area (Å²) in [4.78, 5) is 0. The molecule has 2 aromatic rings. The second kappa shape index (κ2) is 2.77. The number of rotatable bonds is 0. The van der Waals surface area contributed by atoms with E-state index in [9.17, 15) is 5.11 Å². The summed E-state index contributed by atoms with van der Waals surface area (Å²) in [5, 5.41) is 11.8. The van der Waals surface area contributed by atoms with Gasteiger partial charge in [-0.3, -0.25) is 0 Å². The molecule has 0 aliphatic rings. The van der Waals surface area contributed by atoms with Crippen LogP contribution in [0.4, 0.5) is 0 Å². The molecule has 0 amide bonds. The molecule has 2 aromatic carbocycles. The average Bonchev–Trinajstić information content (AvgIpc) is 2.07. The molecular weight excluding hydrogens is 160 g/mol. The topological polar surface area (TPSA) is 20.2 Å². The van der Waals surface area contributed by atoms with Crippen molar-refractivity contribution in [2.75, 3.05) is 0 Å². The summed E-state index contributed by atoms with van der Waals surface area (Å²) in [6.45, 7) is 4.05. The van der Waals surface area contributed by atoms with Gasteiger partial charge in [0.15, 0.2) is 0 Å². The first-order valence-corrected chi connectivity index (χ1v) is 4.37. The Kier molecular flexibility index (Phi) is 1.73. The molecule has 1 heteroatoms. The fraction of sp³-hybridized carbons (Fsp3) is 0.167. The fourth-order valence-corrected chi connectivity index (χ4v) is 1.66. The van der Waals surface area contributed by atoms with Gasteiger partial charge in [-0.25, -0.2) is 0 Å². The molecule has 0 heterocycles. The van der Waals surface area contributed by atoms with E-state index in [1.807, 2.05) is 19.1 Å². The zero-order chi connectivity index (χ0) is 9.42. The van der Waals surface area contributed by atoms with Crippen LogP contribution in [0.1, 0.15) is 11.1 Å². The Bertz CT molecular complexity index is 458. The monoisotopic (exact) mass is 172 g/mol. The Morgan fingerprint density at radius 2 is 1.77 bits per heavy atom. The molecule has 2 rings (SSSR count). The van der Waals surface area contributed by atoms with Gasteiger partial charge in [0.1, 0.15) is 5.75 Å². The maximum absolute atomic E-state index is 9.68. The molecular formula is C12H12O. The summed E-state index contributed by atoms with van der Waals surface area (Å²) in [5.41, 5.74) is 2.30. The molecule has 0 fully saturated rings. The van der Waals surface area contributed by atoms with E-state index < -0.39 is 0 Å². The van der Waals surface area contributed by atoms with Crippen LogP contribution >= 0.6 is 0 Å². The molecule has 0 bridgehead atoms. The minimum Gasteiger partial charge on any atom is -0.507 e. The van der Waals surface area contributed by atoms with Crippen molar-refractivity contribution in [1.82, 2.24) is 0 Å². The van der Waals surface area contributed by atoms with E-state index >= 15 is 0 Å². The Labute approximate surface area is 77.6 Å². The normalized spacial score (nSPS) is 10.6. The number of hydrogen-bond donors (Lipinski definition) is 1. The van der Waals surface area contributed by atoms with E-state index in [4.69, 9.17) is 0 Å². The first-order valence-electron chi connectivity index (χ1n) is 4.37. The third-order valence-electron chi connectivity index (χ3n) is 2.34. The van der Waals surface area contributed by atoms with Crippen molar-refractivity contribution in [3.8, 4) is 5.75 Å². The Morgan fingerprint density at radius 3 is 2.54 bits per heavy atom. The maximum Gasteiger partial charge on any atom is 0.123 e. The van der Waals surface area contributed by atoms with E-state index in [1.54, 1.807) is 6.07 Å². The van der Waals surface area contributed by atoms with Crippen LogP contribution in [0.5, 0.6) is 5.75 Å². The summed E-state index contributed by atoms with van der Waals surface area (Å²) in [7, 11) is 0. The predicted octanol–water partition coefficient (Wildman–Crippen LogP) is 3.16. The third-order valence-corrected chi connectivity index (χ3v) is 2.34. The Morgan fingerprint density at radius 1 is 1.00 bits per heavy atom. The lowest BCUT2D eigenvalue weighted by molar-refractivity contribution is 0.481. The highest BCUT2D eigenvalue weighted by molar-refractivity contribution is 5.91. The molecule has 0 aromatic heterocycles. The fourth-order valence-electron chi connectivity index (χ4n) is 1.66. The Balaban J connectivity index is 2.94. The van der Waals surface area contributed by atoms with Crippen LogP contribution in [0.2, 0.25) is 0 Å². The van der Waals surface area contributed by atoms with Gasteiger partial charge in [0.2, 0.25) is 0 Å². The summed E-state index contributed by atoms with van der Waals surface area (Å²) in [6.07, 6.45) is 0. The van der Waals surface area contributed by atoms with Crippen molar-refractivity contribution in [1.29, 1.82) is 0 Å². The summed E-state index contributed by atoms with van der Waals surface area (Å²) in [5.74, 6) is 0.374. The number of aromatic hydroxyl groups is 1. The molecule has 0 atom stereocenters. The lowest BCUT2D eigenvalue weighted by Gasteiger charge is -2.05. The van der Waals surface area contributed by atoms with E-state index in [-0.39, 0.29) is 0 Å². The molecule has 0 aliphatic carbocycles. The standard InChI is InChI=1S/C12H12O/c1-8-6-11-9(2)4-3-5-10(11)12(13)7-8/h3-7,13H,1-2H3. The van der Waals surface area contributed by atoms with Gasteiger partial charge < -0.3 is 5.11 Å². The van der Waals surface area contributed by atoms with E-state index in [0.29, 0.717) is 5.75 Å². The van der Waals surface area contributed by atoms with Crippen molar-refractivity contribution in [2.45, 2.75) is 13.8 Å². The van der Waals surface area contributed by atoms with Gasteiger partial charge in [0, 0.05) is 5.39 Å². The lowest BCUT2D eigenvalue weighted by Crippen LogP contribution is -1.80. The molecule has 1 N–H and O–H groups in total. The van der Waals surface area contributed by atoms with Gasteiger partial charge in [0.25, 0.3) is 0 Å². The van der Waals surface area contributed by atoms with Crippen LogP contribution in [0.3, 0.4) is 0 Å². The molecule has 1 nitrogen and oxygen atoms in total. The van der Waals surface area contributed by atoms with Gasteiger partial charge in [-0.2, -0.15) is 0 Å². The van der Waals surface area contributed by atoms with E-state index in [0.717, 1.165) is 16.3 Å². The van der Waals surface area contributed by atoms with Crippen LogP contribution in [0.15, 0.2) is 30.3 Å². The van der Waals surface area contributed by atoms with Crippen molar-refractivity contribution in [3.63, 3.8) is 0 Å². The summed E-state index contributed by atoms with van der Waals surface area (Å²) in [6, 6.07) is 9.86. The second-order valence-corrected chi connectivity index (χ2v) is 3.45. The molecule has 0 spiro atoms.